The predicted octanol–water partition coefficient (Wildman–Crippen LogP) is 2.18. The van der Waals surface area contributed by atoms with Gasteiger partial charge in [-0.25, -0.2) is 0 Å². The first-order valence-corrected chi connectivity index (χ1v) is 5.81. The smallest absolute Gasteiger partial charge is 0.0777 e. The van der Waals surface area contributed by atoms with E-state index in [1.165, 1.54) is 6.42 Å². The van der Waals surface area contributed by atoms with Crippen molar-refractivity contribution in [2.24, 2.45) is 0 Å². The molecule has 86 valence electrons. The van der Waals surface area contributed by atoms with Gasteiger partial charge in [0.1, 0.15) is 0 Å². The average Bonchev–Trinajstić information content (AvgIpc) is 2.26. The van der Waals surface area contributed by atoms with Crippen LogP contribution in [0, 0.1) is 11.3 Å². The van der Waals surface area contributed by atoms with Gasteiger partial charge in [-0.05, 0) is 32.7 Å². The summed E-state index contributed by atoms with van der Waals surface area (Å²) >= 11 is 0. The molecule has 1 aliphatic heterocycles. The molecule has 0 radical (unpaired) electrons. The third kappa shape index (κ3) is 3.19. The molecule has 0 saturated carbocycles. The number of hydrogen-bond donors (Lipinski definition) is 0. The Kier molecular flexibility index (Phi) is 4.56. The van der Waals surface area contributed by atoms with E-state index in [4.69, 9.17) is 10.00 Å². The first kappa shape index (κ1) is 12.5. The molecular weight excluding hydrogens is 188 g/mol. The van der Waals surface area contributed by atoms with Crippen molar-refractivity contribution < 1.29 is 4.74 Å². The van der Waals surface area contributed by atoms with E-state index >= 15 is 0 Å². The topological polar surface area (TPSA) is 36.3 Å². The molecule has 2 atom stereocenters. The van der Waals surface area contributed by atoms with Crippen molar-refractivity contribution in [2.45, 2.75) is 51.2 Å². The number of ether oxygens (including phenoxy) is 1. The monoisotopic (exact) mass is 210 g/mol. The fraction of sp³-hybridized carbons (Fsp3) is 0.917. The molecule has 0 bridgehead atoms. The number of likely N-dealkylation sites (tertiary alicyclic amines) is 1. The van der Waals surface area contributed by atoms with Crippen LogP contribution in [0.2, 0.25) is 0 Å². The summed E-state index contributed by atoms with van der Waals surface area (Å²) < 4.78 is 5.56. The Morgan fingerprint density at radius 3 is 2.87 bits per heavy atom. The van der Waals surface area contributed by atoms with Crippen molar-refractivity contribution >= 4 is 0 Å². The van der Waals surface area contributed by atoms with Crippen molar-refractivity contribution in [1.82, 2.24) is 4.90 Å². The molecule has 0 spiro atoms. The SMILES string of the molecule is CCC(CC#N)N1CCCC(C)(OC)C1. The van der Waals surface area contributed by atoms with Gasteiger partial charge in [0.25, 0.3) is 0 Å². The van der Waals surface area contributed by atoms with Crippen LogP contribution in [0.25, 0.3) is 0 Å². The summed E-state index contributed by atoms with van der Waals surface area (Å²) in [6.07, 6.45) is 3.99. The molecule has 3 heteroatoms. The molecule has 3 nitrogen and oxygen atoms in total. The molecule has 1 heterocycles. The summed E-state index contributed by atoms with van der Waals surface area (Å²) in [5, 5.41) is 8.78. The van der Waals surface area contributed by atoms with E-state index in [-0.39, 0.29) is 5.60 Å². The summed E-state index contributed by atoms with van der Waals surface area (Å²) in [7, 11) is 1.79. The Morgan fingerprint density at radius 1 is 1.60 bits per heavy atom. The fourth-order valence-electron chi connectivity index (χ4n) is 2.36. The summed E-state index contributed by atoms with van der Waals surface area (Å²) in [5.41, 5.74) is -0.0128. The van der Waals surface area contributed by atoms with Crippen LogP contribution >= 0.6 is 0 Å². The fourth-order valence-corrected chi connectivity index (χ4v) is 2.36. The second-order valence-corrected chi connectivity index (χ2v) is 4.65. The highest BCUT2D eigenvalue weighted by atomic mass is 16.5. The van der Waals surface area contributed by atoms with Crippen molar-refractivity contribution in [3.8, 4) is 6.07 Å². The van der Waals surface area contributed by atoms with E-state index in [0.29, 0.717) is 12.5 Å². The van der Waals surface area contributed by atoms with Crippen LogP contribution in [0.3, 0.4) is 0 Å². The Morgan fingerprint density at radius 2 is 2.33 bits per heavy atom. The maximum Gasteiger partial charge on any atom is 0.0777 e. The molecular formula is C12H22N2O. The minimum atomic E-state index is -0.0128. The largest absolute Gasteiger partial charge is 0.377 e. The quantitative estimate of drug-likeness (QED) is 0.713. The van der Waals surface area contributed by atoms with Crippen LogP contribution < -0.4 is 0 Å². The molecule has 0 aromatic heterocycles. The third-order valence-corrected chi connectivity index (χ3v) is 3.50. The zero-order valence-corrected chi connectivity index (χ0v) is 10.1. The molecule has 1 saturated heterocycles. The van der Waals surface area contributed by atoms with E-state index in [1.54, 1.807) is 7.11 Å². The molecule has 15 heavy (non-hydrogen) atoms. The number of methoxy groups -OCH3 is 1. The molecule has 0 aromatic carbocycles. The number of rotatable bonds is 4. The molecule has 1 rings (SSSR count). The standard InChI is InChI=1S/C12H22N2O/c1-4-11(6-8-13)14-9-5-7-12(2,10-14)15-3/h11H,4-7,9-10H2,1-3H3. The second-order valence-electron chi connectivity index (χ2n) is 4.65. The normalized spacial score (nSPS) is 29.7. The van der Waals surface area contributed by atoms with Crippen molar-refractivity contribution in [1.29, 1.82) is 5.26 Å². The van der Waals surface area contributed by atoms with E-state index in [1.807, 2.05) is 0 Å². The maximum atomic E-state index is 8.78. The first-order valence-electron chi connectivity index (χ1n) is 5.81. The third-order valence-electron chi connectivity index (χ3n) is 3.50. The van der Waals surface area contributed by atoms with Gasteiger partial charge < -0.3 is 4.74 Å². The summed E-state index contributed by atoms with van der Waals surface area (Å²) in [4.78, 5) is 2.41. The van der Waals surface area contributed by atoms with Gasteiger partial charge in [-0.1, -0.05) is 6.92 Å². The van der Waals surface area contributed by atoms with E-state index in [9.17, 15) is 0 Å². The number of hydrogen-bond acceptors (Lipinski definition) is 3. The number of nitriles is 1. The number of nitrogens with zero attached hydrogens (tertiary/aromatic N) is 2. The van der Waals surface area contributed by atoms with Crippen LogP contribution in [-0.4, -0.2) is 36.7 Å². The first-order chi connectivity index (χ1) is 7.15. The highest BCUT2D eigenvalue weighted by Gasteiger charge is 2.33. The summed E-state index contributed by atoms with van der Waals surface area (Å²) in [6.45, 7) is 6.39. The highest BCUT2D eigenvalue weighted by Crippen LogP contribution is 2.26. The van der Waals surface area contributed by atoms with Crippen LogP contribution in [0.15, 0.2) is 0 Å². The molecule has 0 amide bonds. The van der Waals surface area contributed by atoms with Crippen molar-refractivity contribution in [3.05, 3.63) is 0 Å². The van der Waals surface area contributed by atoms with Gasteiger partial charge in [0.05, 0.1) is 18.1 Å². The maximum absolute atomic E-state index is 8.78. The van der Waals surface area contributed by atoms with E-state index < -0.39 is 0 Å². The zero-order valence-electron chi connectivity index (χ0n) is 10.1. The predicted molar refractivity (Wildman–Crippen MR) is 60.5 cm³/mol. The minimum absolute atomic E-state index is 0.0128. The molecule has 0 aromatic rings. The molecule has 0 aliphatic carbocycles. The van der Waals surface area contributed by atoms with Gasteiger partial charge in [0, 0.05) is 19.7 Å². The lowest BCUT2D eigenvalue weighted by atomic mass is 9.92. The zero-order chi connectivity index (χ0) is 11.3. The molecule has 0 N–H and O–H groups in total. The Balaban J connectivity index is 2.58. The second kappa shape index (κ2) is 5.48. The van der Waals surface area contributed by atoms with E-state index in [0.717, 1.165) is 25.9 Å². The van der Waals surface area contributed by atoms with Gasteiger partial charge >= 0.3 is 0 Å². The lowest BCUT2D eigenvalue weighted by Gasteiger charge is -2.42. The molecule has 2 unspecified atom stereocenters. The van der Waals surface area contributed by atoms with Gasteiger partial charge in [-0.15, -0.1) is 0 Å². The Labute approximate surface area is 93.0 Å². The molecule has 1 aliphatic rings. The Bertz CT molecular complexity index is 236. The van der Waals surface area contributed by atoms with Gasteiger partial charge in [-0.3, -0.25) is 4.90 Å². The van der Waals surface area contributed by atoms with Gasteiger partial charge in [-0.2, -0.15) is 5.26 Å². The van der Waals surface area contributed by atoms with Crippen LogP contribution in [0.4, 0.5) is 0 Å². The minimum Gasteiger partial charge on any atom is -0.377 e. The lowest BCUT2D eigenvalue weighted by Crippen LogP contribution is -2.51. The highest BCUT2D eigenvalue weighted by molar-refractivity contribution is 4.90. The number of piperidine rings is 1. The molecule has 1 fully saturated rings. The van der Waals surface area contributed by atoms with Gasteiger partial charge in [0.15, 0.2) is 0 Å². The summed E-state index contributed by atoms with van der Waals surface area (Å²) in [6, 6.07) is 2.69. The van der Waals surface area contributed by atoms with Gasteiger partial charge in [0.2, 0.25) is 0 Å². The summed E-state index contributed by atoms with van der Waals surface area (Å²) in [5.74, 6) is 0. The van der Waals surface area contributed by atoms with E-state index in [2.05, 4.69) is 24.8 Å². The van der Waals surface area contributed by atoms with Crippen molar-refractivity contribution in [3.63, 3.8) is 0 Å². The van der Waals surface area contributed by atoms with Crippen molar-refractivity contribution in [2.75, 3.05) is 20.2 Å². The van der Waals surface area contributed by atoms with Crippen LogP contribution in [0.5, 0.6) is 0 Å². The average molecular weight is 210 g/mol. The van der Waals surface area contributed by atoms with Crippen LogP contribution in [-0.2, 0) is 4.74 Å². The Hall–Kier alpha value is -0.590. The lowest BCUT2D eigenvalue weighted by molar-refractivity contribution is -0.0611. The van der Waals surface area contributed by atoms with Crippen LogP contribution in [0.1, 0.15) is 39.5 Å².